The molecule has 2 aromatic heterocycles. The molecule has 1 atom stereocenters. The van der Waals surface area contributed by atoms with Crippen LogP contribution in [0.1, 0.15) is 36.0 Å². The minimum atomic E-state index is 0.318. The summed E-state index contributed by atoms with van der Waals surface area (Å²) in [5.41, 5.74) is 4.62. The van der Waals surface area contributed by atoms with Crippen LogP contribution < -0.4 is 5.32 Å². The largest absolute Gasteiger partial charge is 0.297 e. The Kier molecular flexibility index (Phi) is 3.39. The van der Waals surface area contributed by atoms with Crippen molar-refractivity contribution in [2.75, 3.05) is 6.54 Å². The van der Waals surface area contributed by atoms with Crippen LogP contribution in [0.2, 0.25) is 0 Å². The van der Waals surface area contributed by atoms with Gasteiger partial charge in [-0.1, -0.05) is 24.3 Å². The zero-order valence-electron chi connectivity index (χ0n) is 12.8. The second-order valence-electron chi connectivity index (χ2n) is 5.96. The molecule has 1 aliphatic heterocycles. The normalized spacial score (nSPS) is 18.1. The fraction of sp³-hybridized carbons (Fsp3) is 0.333. The number of benzene rings is 1. The van der Waals surface area contributed by atoms with Crippen molar-refractivity contribution >= 4 is 11.2 Å². The van der Waals surface area contributed by atoms with Crippen LogP contribution in [-0.4, -0.2) is 21.1 Å². The summed E-state index contributed by atoms with van der Waals surface area (Å²) < 4.78 is 2.30. The van der Waals surface area contributed by atoms with Crippen LogP contribution in [0.25, 0.3) is 11.2 Å². The molecule has 0 aliphatic carbocycles. The smallest absolute Gasteiger partial charge is 0.161 e. The van der Waals surface area contributed by atoms with Gasteiger partial charge in [0.05, 0.1) is 6.17 Å². The van der Waals surface area contributed by atoms with Gasteiger partial charge in [-0.25, -0.2) is 9.97 Å². The van der Waals surface area contributed by atoms with Crippen LogP contribution in [-0.2, 0) is 6.42 Å². The van der Waals surface area contributed by atoms with E-state index in [1.54, 1.807) is 0 Å². The van der Waals surface area contributed by atoms with Crippen molar-refractivity contribution in [2.45, 2.75) is 32.4 Å². The summed E-state index contributed by atoms with van der Waals surface area (Å²) >= 11 is 0. The molecule has 0 saturated carbocycles. The highest BCUT2D eigenvalue weighted by atomic mass is 15.3. The van der Waals surface area contributed by atoms with E-state index in [1.165, 1.54) is 17.5 Å². The summed E-state index contributed by atoms with van der Waals surface area (Å²) in [6.45, 7) is 3.23. The number of aryl methyl sites for hydroxylation is 1. The zero-order valence-corrected chi connectivity index (χ0v) is 12.8. The summed E-state index contributed by atoms with van der Waals surface area (Å²) in [5.74, 6) is 1.10. The van der Waals surface area contributed by atoms with Crippen molar-refractivity contribution in [2.24, 2.45) is 0 Å². The molecule has 1 saturated heterocycles. The lowest BCUT2D eigenvalue weighted by Gasteiger charge is -2.16. The maximum atomic E-state index is 4.85. The van der Waals surface area contributed by atoms with Crippen molar-refractivity contribution < 1.29 is 0 Å². The molecule has 4 rings (SSSR count). The van der Waals surface area contributed by atoms with Crippen LogP contribution in [0.15, 0.2) is 42.6 Å². The number of pyridine rings is 1. The number of nitrogens with zero attached hydrogens (tertiary/aromatic N) is 3. The van der Waals surface area contributed by atoms with E-state index in [2.05, 4.69) is 52.1 Å². The SMILES string of the molecule is Cc1ccccc1Cc1nc2cccnc2n1C1CCCN1. The molecule has 1 aliphatic rings. The van der Waals surface area contributed by atoms with Gasteiger partial charge in [0.1, 0.15) is 11.3 Å². The molecule has 22 heavy (non-hydrogen) atoms. The summed E-state index contributed by atoms with van der Waals surface area (Å²) in [6.07, 6.45) is 5.37. The lowest BCUT2D eigenvalue weighted by Crippen LogP contribution is -2.22. The number of imidazole rings is 1. The first kappa shape index (κ1) is 13.5. The first-order valence-corrected chi connectivity index (χ1v) is 7.92. The van der Waals surface area contributed by atoms with E-state index in [9.17, 15) is 0 Å². The van der Waals surface area contributed by atoms with Crippen LogP contribution in [0.3, 0.4) is 0 Å². The Morgan fingerprint density at radius 1 is 1.23 bits per heavy atom. The average molecular weight is 292 g/mol. The lowest BCUT2D eigenvalue weighted by molar-refractivity contribution is 0.464. The van der Waals surface area contributed by atoms with Gasteiger partial charge in [0.15, 0.2) is 5.65 Å². The van der Waals surface area contributed by atoms with Crippen LogP contribution in [0.5, 0.6) is 0 Å². The fourth-order valence-electron chi connectivity index (χ4n) is 3.29. The molecule has 112 valence electrons. The van der Waals surface area contributed by atoms with Gasteiger partial charge >= 0.3 is 0 Å². The Hall–Kier alpha value is -2.20. The summed E-state index contributed by atoms with van der Waals surface area (Å²) in [7, 11) is 0. The number of hydrogen-bond acceptors (Lipinski definition) is 3. The molecule has 0 spiro atoms. The molecule has 4 nitrogen and oxygen atoms in total. The van der Waals surface area contributed by atoms with E-state index in [1.807, 2.05) is 12.3 Å². The van der Waals surface area contributed by atoms with Crippen molar-refractivity contribution in [3.8, 4) is 0 Å². The average Bonchev–Trinajstić information content (AvgIpc) is 3.16. The maximum absolute atomic E-state index is 4.85. The van der Waals surface area contributed by atoms with Gasteiger partial charge in [0.25, 0.3) is 0 Å². The third kappa shape index (κ3) is 2.29. The summed E-state index contributed by atoms with van der Waals surface area (Å²) in [6, 6.07) is 12.5. The van der Waals surface area contributed by atoms with E-state index in [4.69, 9.17) is 4.98 Å². The van der Waals surface area contributed by atoms with Gasteiger partial charge in [-0.2, -0.15) is 0 Å². The van der Waals surface area contributed by atoms with E-state index >= 15 is 0 Å². The minimum Gasteiger partial charge on any atom is -0.297 e. The molecule has 1 aromatic carbocycles. The lowest BCUT2D eigenvalue weighted by atomic mass is 10.1. The minimum absolute atomic E-state index is 0.318. The Bertz CT molecular complexity index is 800. The number of fused-ring (bicyclic) bond motifs is 1. The van der Waals surface area contributed by atoms with Gasteiger partial charge in [0, 0.05) is 12.6 Å². The highest BCUT2D eigenvalue weighted by molar-refractivity contribution is 5.71. The first-order valence-electron chi connectivity index (χ1n) is 7.92. The molecule has 0 bridgehead atoms. The van der Waals surface area contributed by atoms with E-state index in [-0.39, 0.29) is 0 Å². The van der Waals surface area contributed by atoms with Gasteiger partial charge in [-0.15, -0.1) is 0 Å². The third-order valence-electron chi connectivity index (χ3n) is 4.48. The highest BCUT2D eigenvalue weighted by Gasteiger charge is 2.22. The molecule has 1 fully saturated rings. The summed E-state index contributed by atoms with van der Waals surface area (Å²) in [5, 5.41) is 3.57. The second-order valence-corrected chi connectivity index (χ2v) is 5.96. The number of hydrogen-bond donors (Lipinski definition) is 1. The predicted molar refractivity (Wildman–Crippen MR) is 87.8 cm³/mol. The van der Waals surface area contributed by atoms with Gasteiger partial charge in [0.2, 0.25) is 0 Å². The number of aromatic nitrogens is 3. The Balaban J connectivity index is 1.82. The standard InChI is InChI=1S/C18H20N4/c1-13-6-2-3-7-14(13)12-17-21-15-8-4-11-20-18(15)22(17)16-9-5-10-19-16/h2-4,6-8,11,16,19H,5,9-10,12H2,1H3. The fourth-order valence-corrected chi connectivity index (χ4v) is 3.29. The van der Waals surface area contributed by atoms with Gasteiger partial charge in [-0.3, -0.25) is 9.88 Å². The van der Waals surface area contributed by atoms with Crippen molar-refractivity contribution in [1.82, 2.24) is 19.9 Å². The molecule has 1 unspecified atom stereocenters. The number of nitrogens with one attached hydrogen (secondary N) is 1. The van der Waals surface area contributed by atoms with Gasteiger partial charge < -0.3 is 0 Å². The van der Waals surface area contributed by atoms with Crippen LogP contribution >= 0.6 is 0 Å². The van der Waals surface area contributed by atoms with E-state index in [0.717, 1.165) is 36.4 Å². The highest BCUT2D eigenvalue weighted by Crippen LogP contribution is 2.26. The van der Waals surface area contributed by atoms with Crippen molar-refractivity contribution in [1.29, 1.82) is 0 Å². The molecule has 4 heteroatoms. The number of rotatable bonds is 3. The Morgan fingerprint density at radius 3 is 2.95 bits per heavy atom. The maximum Gasteiger partial charge on any atom is 0.161 e. The zero-order chi connectivity index (χ0) is 14.9. The van der Waals surface area contributed by atoms with Crippen molar-refractivity contribution in [3.05, 3.63) is 59.5 Å². The topological polar surface area (TPSA) is 42.7 Å². The molecule has 3 heterocycles. The molecular weight excluding hydrogens is 272 g/mol. The quantitative estimate of drug-likeness (QED) is 0.806. The van der Waals surface area contributed by atoms with Crippen LogP contribution in [0.4, 0.5) is 0 Å². The predicted octanol–water partition coefficient (Wildman–Crippen LogP) is 3.21. The third-order valence-corrected chi connectivity index (χ3v) is 4.48. The Labute approximate surface area is 130 Å². The van der Waals surface area contributed by atoms with Crippen molar-refractivity contribution in [3.63, 3.8) is 0 Å². The second kappa shape index (κ2) is 5.54. The molecule has 1 N–H and O–H groups in total. The molecule has 0 amide bonds. The van der Waals surface area contributed by atoms with Crippen LogP contribution in [0, 0.1) is 6.92 Å². The molecular formula is C18H20N4. The van der Waals surface area contributed by atoms with Gasteiger partial charge in [-0.05, 0) is 49.6 Å². The molecule has 3 aromatic rings. The monoisotopic (exact) mass is 292 g/mol. The van der Waals surface area contributed by atoms with E-state index < -0.39 is 0 Å². The summed E-state index contributed by atoms with van der Waals surface area (Å²) in [4.78, 5) is 9.43. The Morgan fingerprint density at radius 2 is 2.14 bits per heavy atom. The first-order chi connectivity index (χ1) is 10.8. The molecule has 0 radical (unpaired) electrons. The van der Waals surface area contributed by atoms with E-state index in [0.29, 0.717) is 6.17 Å².